The zero-order chi connectivity index (χ0) is 17.3. The molecular formula is C16H29N3O4. The Labute approximate surface area is 138 Å². The molecule has 0 spiro atoms. The molecule has 23 heavy (non-hydrogen) atoms. The zero-order valence-electron chi connectivity index (χ0n) is 14.6. The van der Waals surface area contributed by atoms with Gasteiger partial charge in [-0.1, -0.05) is 13.8 Å². The van der Waals surface area contributed by atoms with E-state index in [-0.39, 0.29) is 29.9 Å². The van der Waals surface area contributed by atoms with Gasteiger partial charge in [0.1, 0.15) is 12.1 Å². The maximum absolute atomic E-state index is 12.9. The summed E-state index contributed by atoms with van der Waals surface area (Å²) in [7, 11) is 1.50. The Morgan fingerprint density at radius 3 is 2.22 bits per heavy atom. The number of hydrogen-bond acceptors (Lipinski definition) is 5. The van der Waals surface area contributed by atoms with Gasteiger partial charge in [0.25, 0.3) is 0 Å². The number of amides is 2. The second kappa shape index (κ2) is 6.75. The van der Waals surface area contributed by atoms with Crippen LogP contribution in [0.2, 0.25) is 0 Å². The molecule has 7 heteroatoms. The first kappa shape index (κ1) is 18.2. The molecule has 132 valence electrons. The van der Waals surface area contributed by atoms with Gasteiger partial charge in [-0.05, 0) is 6.92 Å². The topological polar surface area (TPSA) is 85.1 Å². The second-order valence-corrected chi connectivity index (χ2v) is 6.95. The number of nitrogens with two attached hydrogens (primary N) is 1. The minimum absolute atomic E-state index is 0.0195. The predicted molar refractivity (Wildman–Crippen MR) is 85.8 cm³/mol. The molecule has 2 unspecified atom stereocenters. The molecule has 7 nitrogen and oxygen atoms in total. The third kappa shape index (κ3) is 3.09. The SMILES string of the molecule is CCOC1CC(N)(C(=O)N2CCN(C(=O)COC)CC2)C1(C)C. The molecule has 0 aromatic heterocycles. The van der Waals surface area contributed by atoms with Gasteiger partial charge in [0.05, 0.1) is 6.10 Å². The molecule has 2 aliphatic rings. The highest BCUT2D eigenvalue weighted by Crippen LogP contribution is 2.50. The van der Waals surface area contributed by atoms with Gasteiger partial charge in [-0.3, -0.25) is 9.59 Å². The van der Waals surface area contributed by atoms with Crippen LogP contribution < -0.4 is 5.73 Å². The van der Waals surface area contributed by atoms with Crippen LogP contribution in [0.3, 0.4) is 0 Å². The summed E-state index contributed by atoms with van der Waals surface area (Å²) in [6, 6.07) is 0. The summed E-state index contributed by atoms with van der Waals surface area (Å²) >= 11 is 0. The molecular weight excluding hydrogens is 298 g/mol. The standard InChI is InChI=1S/C16H29N3O4/c1-5-23-12-10-16(17,15(12,2)3)14(21)19-8-6-18(7-9-19)13(20)11-22-4/h12H,5-11,17H2,1-4H3. The number of carbonyl (C=O) groups is 2. The molecule has 0 radical (unpaired) electrons. The average molecular weight is 327 g/mol. The number of hydrogen-bond donors (Lipinski definition) is 1. The number of rotatable bonds is 5. The summed E-state index contributed by atoms with van der Waals surface area (Å²) in [6.07, 6.45) is 0.571. The van der Waals surface area contributed by atoms with E-state index in [0.717, 1.165) is 0 Å². The maximum atomic E-state index is 12.9. The van der Waals surface area contributed by atoms with Crippen LogP contribution in [0.25, 0.3) is 0 Å². The molecule has 1 aliphatic carbocycles. The highest BCUT2D eigenvalue weighted by Gasteiger charge is 2.63. The highest BCUT2D eigenvalue weighted by atomic mass is 16.5. The summed E-state index contributed by atoms with van der Waals surface area (Å²) in [5, 5.41) is 0. The monoisotopic (exact) mass is 327 g/mol. The first-order valence-electron chi connectivity index (χ1n) is 8.24. The van der Waals surface area contributed by atoms with E-state index < -0.39 is 5.54 Å². The largest absolute Gasteiger partial charge is 0.378 e. The minimum Gasteiger partial charge on any atom is -0.378 e. The Balaban J connectivity index is 1.94. The summed E-state index contributed by atoms with van der Waals surface area (Å²) < 4.78 is 10.6. The Bertz CT molecular complexity index is 460. The smallest absolute Gasteiger partial charge is 0.248 e. The van der Waals surface area contributed by atoms with Gasteiger partial charge >= 0.3 is 0 Å². The van der Waals surface area contributed by atoms with Crippen LogP contribution in [0.5, 0.6) is 0 Å². The van der Waals surface area contributed by atoms with Gasteiger partial charge in [0.15, 0.2) is 0 Å². The van der Waals surface area contributed by atoms with E-state index in [0.29, 0.717) is 39.2 Å². The van der Waals surface area contributed by atoms with Crippen molar-refractivity contribution in [2.75, 3.05) is 46.5 Å². The quantitative estimate of drug-likeness (QED) is 0.758. The molecule has 2 N–H and O–H groups in total. The average Bonchev–Trinajstić information content (AvgIpc) is 2.54. The van der Waals surface area contributed by atoms with Crippen molar-refractivity contribution in [2.24, 2.45) is 11.1 Å². The van der Waals surface area contributed by atoms with Crippen molar-refractivity contribution in [3.05, 3.63) is 0 Å². The molecule has 0 bridgehead atoms. The fraction of sp³-hybridized carbons (Fsp3) is 0.875. The second-order valence-electron chi connectivity index (χ2n) is 6.95. The lowest BCUT2D eigenvalue weighted by atomic mass is 9.54. The molecule has 2 amide bonds. The lowest BCUT2D eigenvalue weighted by Gasteiger charge is -2.59. The molecule has 0 aromatic carbocycles. The molecule has 1 saturated carbocycles. The molecule has 1 saturated heterocycles. The lowest BCUT2D eigenvalue weighted by Crippen LogP contribution is -2.76. The lowest BCUT2D eigenvalue weighted by molar-refractivity contribution is -0.181. The number of nitrogens with zero attached hydrogens (tertiary/aromatic N) is 2. The molecule has 1 heterocycles. The number of carbonyl (C=O) groups excluding carboxylic acids is 2. The van der Waals surface area contributed by atoms with Gasteiger partial charge in [-0.2, -0.15) is 0 Å². The molecule has 2 fully saturated rings. The van der Waals surface area contributed by atoms with Crippen LogP contribution in [0.4, 0.5) is 0 Å². The third-order valence-corrected chi connectivity index (χ3v) is 5.40. The van der Waals surface area contributed by atoms with Gasteiger partial charge < -0.3 is 25.0 Å². The van der Waals surface area contributed by atoms with Crippen molar-refractivity contribution in [2.45, 2.75) is 38.8 Å². The Kier molecular flexibility index (Phi) is 5.33. The molecule has 1 aliphatic heterocycles. The van der Waals surface area contributed by atoms with Crippen LogP contribution >= 0.6 is 0 Å². The third-order valence-electron chi connectivity index (χ3n) is 5.40. The normalized spacial score (nSPS) is 30.0. The van der Waals surface area contributed by atoms with E-state index in [1.54, 1.807) is 9.80 Å². The molecule has 0 aromatic rings. The minimum atomic E-state index is -0.883. The first-order chi connectivity index (χ1) is 10.8. The summed E-state index contributed by atoms with van der Waals surface area (Å²) in [6.45, 7) is 8.73. The Morgan fingerprint density at radius 2 is 1.74 bits per heavy atom. The van der Waals surface area contributed by atoms with Crippen molar-refractivity contribution in [1.29, 1.82) is 0 Å². The van der Waals surface area contributed by atoms with Crippen LogP contribution in [-0.2, 0) is 19.1 Å². The highest BCUT2D eigenvalue weighted by molar-refractivity contribution is 5.89. The van der Waals surface area contributed by atoms with E-state index in [1.807, 2.05) is 20.8 Å². The summed E-state index contributed by atoms with van der Waals surface area (Å²) in [4.78, 5) is 28.2. The van der Waals surface area contributed by atoms with Crippen molar-refractivity contribution in [3.63, 3.8) is 0 Å². The van der Waals surface area contributed by atoms with E-state index in [1.165, 1.54) is 7.11 Å². The van der Waals surface area contributed by atoms with Crippen LogP contribution in [-0.4, -0.2) is 79.8 Å². The van der Waals surface area contributed by atoms with Crippen LogP contribution in [0.15, 0.2) is 0 Å². The van der Waals surface area contributed by atoms with Gasteiger partial charge in [0, 0.05) is 51.7 Å². The van der Waals surface area contributed by atoms with Crippen LogP contribution in [0.1, 0.15) is 27.2 Å². The van der Waals surface area contributed by atoms with Gasteiger partial charge in [-0.25, -0.2) is 0 Å². The maximum Gasteiger partial charge on any atom is 0.248 e. The Hall–Kier alpha value is -1.18. The number of ether oxygens (including phenoxy) is 2. The van der Waals surface area contributed by atoms with Crippen molar-refractivity contribution < 1.29 is 19.1 Å². The summed E-state index contributed by atoms with van der Waals surface area (Å²) in [5.74, 6) is -0.0697. The van der Waals surface area contributed by atoms with Crippen molar-refractivity contribution in [3.8, 4) is 0 Å². The van der Waals surface area contributed by atoms with Crippen molar-refractivity contribution in [1.82, 2.24) is 9.80 Å². The fourth-order valence-corrected chi connectivity index (χ4v) is 3.45. The summed E-state index contributed by atoms with van der Waals surface area (Å²) in [5.41, 5.74) is 5.18. The Morgan fingerprint density at radius 1 is 1.17 bits per heavy atom. The number of piperazine rings is 1. The number of methoxy groups -OCH3 is 1. The van der Waals surface area contributed by atoms with Crippen LogP contribution in [0, 0.1) is 5.41 Å². The molecule has 2 atom stereocenters. The predicted octanol–water partition coefficient (Wildman–Crippen LogP) is -0.164. The first-order valence-corrected chi connectivity index (χ1v) is 8.24. The van der Waals surface area contributed by atoms with Crippen molar-refractivity contribution >= 4 is 11.8 Å². The van der Waals surface area contributed by atoms with E-state index >= 15 is 0 Å². The van der Waals surface area contributed by atoms with Gasteiger partial charge in [0.2, 0.25) is 11.8 Å². The van der Waals surface area contributed by atoms with E-state index in [9.17, 15) is 9.59 Å². The zero-order valence-corrected chi connectivity index (χ0v) is 14.6. The molecule has 2 rings (SSSR count). The fourth-order valence-electron chi connectivity index (χ4n) is 3.45. The van der Waals surface area contributed by atoms with Gasteiger partial charge in [-0.15, -0.1) is 0 Å². The van der Waals surface area contributed by atoms with E-state index in [2.05, 4.69) is 0 Å². The van der Waals surface area contributed by atoms with E-state index in [4.69, 9.17) is 15.2 Å².